The van der Waals surface area contributed by atoms with Crippen LogP contribution in [0.1, 0.15) is 0 Å². The summed E-state index contributed by atoms with van der Waals surface area (Å²) in [4.78, 5) is 11.7. The van der Waals surface area contributed by atoms with Crippen molar-refractivity contribution in [2.45, 2.75) is 32.4 Å². The number of aromatic nitrogens is 3. The molecule has 2 aromatic heterocycles. The van der Waals surface area contributed by atoms with Crippen LogP contribution >= 0.6 is 22.6 Å². The van der Waals surface area contributed by atoms with Gasteiger partial charge in [0.25, 0.3) is 5.56 Å². The molecule has 0 saturated carbocycles. The molecule has 2 rings (SSSR count). The summed E-state index contributed by atoms with van der Waals surface area (Å²) in [5.74, 6) is 0. The van der Waals surface area contributed by atoms with E-state index in [2.05, 4.69) is 52.4 Å². The molecule has 0 saturated heterocycles. The van der Waals surface area contributed by atoms with Crippen LogP contribution in [0, 0.1) is 3.57 Å². The molecule has 0 aliphatic heterocycles. The molecule has 0 aliphatic rings. The van der Waals surface area contributed by atoms with Gasteiger partial charge in [0.15, 0.2) is 0 Å². The van der Waals surface area contributed by atoms with Crippen molar-refractivity contribution in [1.82, 2.24) is 14.8 Å². The Labute approximate surface area is 126 Å². The van der Waals surface area contributed by atoms with Gasteiger partial charge in [0, 0.05) is 24.4 Å². The monoisotopic (exact) mass is 391 g/mol. The van der Waals surface area contributed by atoms with Gasteiger partial charge in [0.2, 0.25) is 0 Å². The zero-order valence-corrected chi connectivity index (χ0v) is 14.5. The first kappa shape index (κ1) is 14.7. The molecule has 2 heterocycles. The standard InChI is InChI=1S/C12H18IN3O2Si/c1-19(2,3)5-4-18-8-16-7-9(13)11-10(16)6-14-15-12(11)17/h6-7H,4-5,8H2,1-3H3,(H,15,17). The van der Waals surface area contributed by atoms with Crippen molar-refractivity contribution in [1.29, 1.82) is 0 Å². The number of hydrogen-bond acceptors (Lipinski definition) is 3. The van der Waals surface area contributed by atoms with Crippen LogP contribution in [-0.4, -0.2) is 29.4 Å². The van der Waals surface area contributed by atoms with Crippen LogP contribution in [0.5, 0.6) is 0 Å². The number of halogens is 1. The van der Waals surface area contributed by atoms with Gasteiger partial charge in [-0.2, -0.15) is 5.10 Å². The van der Waals surface area contributed by atoms with Crippen LogP contribution in [0.4, 0.5) is 0 Å². The largest absolute Gasteiger partial charge is 0.361 e. The molecule has 19 heavy (non-hydrogen) atoms. The van der Waals surface area contributed by atoms with Gasteiger partial charge in [-0.15, -0.1) is 0 Å². The van der Waals surface area contributed by atoms with E-state index in [9.17, 15) is 4.79 Å². The smallest absolute Gasteiger partial charge is 0.274 e. The van der Waals surface area contributed by atoms with Crippen LogP contribution in [0.15, 0.2) is 17.2 Å². The lowest BCUT2D eigenvalue weighted by atomic mass is 10.4. The molecule has 1 N–H and O–H groups in total. The number of H-pyrrole nitrogens is 1. The average molecular weight is 391 g/mol. The summed E-state index contributed by atoms with van der Waals surface area (Å²) in [6.07, 6.45) is 3.59. The molecule has 0 bridgehead atoms. The number of aromatic amines is 1. The van der Waals surface area contributed by atoms with Crippen LogP contribution in [0.3, 0.4) is 0 Å². The highest BCUT2D eigenvalue weighted by Crippen LogP contribution is 2.18. The molecular weight excluding hydrogens is 373 g/mol. The third-order valence-corrected chi connectivity index (χ3v) is 5.40. The number of rotatable bonds is 5. The molecule has 0 radical (unpaired) electrons. The number of nitrogens with one attached hydrogen (secondary N) is 1. The van der Waals surface area contributed by atoms with E-state index in [1.807, 2.05) is 10.8 Å². The van der Waals surface area contributed by atoms with E-state index in [1.54, 1.807) is 6.20 Å². The quantitative estimate of drug-likeness (QED) is 0.484. The second-order valence-corrected chi connectivity index (χ2v) is 12.5. The molecule has 2 aromatic rings. The topological polar surface area (TPSA) is 59.9 Å². The SMILES string of the molecule is C[Si](C)(C)CCOCn1cc(I)c2c(=O)[nH]ncc21. The second kappa shape index (κ2) is 5.76. The van der Waals surface area contributed by atoms with Crippen LogP contribution in [0.25, 0.3) is 10.9 Å². The molecule has 0 unspecified atom stereocenters. The Morgan fingerprint density at radius 2 is 2.21 bits per heavy atom. The van der Waals surface area contributed by atoms with Gasteiger partial charge in [0.1, 0.15) is 6.73 Å². The first-order chi connectivity index (χ1) is 8.88. The second-order valence-electron chi connectivity index (χ2n) is 5.75. The average Bonchev–Trinajstić information content (AvgIpc) is 2.62. The molecule has 5 nitrogen and oxygen atoms in total. The first-order valence-corrected chi connectivity index (χ1v) is 11.0. The molecular formula is C12H18IN3O2Si. The number of ether oxygens (including phenoxy) is 1. The minimum atomic E-state index is -1.06. The fourth-order valence-electron chi connectivity index (χ4n) is 1.76. The van der Waals surface area contributed by atoms with Crippen molar-refractivity contribution in [3.8, 4) is 0 Å². The van der Waals surface area contributed by atoms with Gasteiger partial charge in [-0.1, -0.05) is 19.6 Å². The molecule has 0 aliphatic carbocycles. The van der Waals surface area contributed by atoms with Crippen LogP contribution in [0.2, 0.25) is 25.7 Å². The predicted octanol–water partition coefficient (Wildman–Crippen LogP) is 2.64. The van der Waals surface area contributed by atoms with Gasteiger partial charge in [0.05, 0.1) is 17.1 Å². The van der Waals surface area contributed by atoms with Gasteiger partial charge < -0.3 is 9.30 Å². The lowest BCUT2D eigenvalue weighted by Gasteiger charge is -2.15. The molecule has 104 valence electrons. The van der Waals surface area contributed by atoms with E-state index in [-0.39, 0.29) is 5.56 Å². The summed E-state index contributed by atoms with van der Waals surface area (Å²) in [7, 11) is -1.06. The zero-order valence-electron chi connectivity index (χ0n) is 11.4. The van der Waals surface area contributed by atoms with Crippen molar-refractivity contribution in [2.75, 3.05) is 6.61 Å². The van der Waals surface area contributed by atoms with Crippen LogP contribution in [-0.2, 0) is 11.5 Å². The molecule has 0 aromatic carbocycles. The highest BCUT2D eigenvalue weighted by atomic mass is 127. The number of hydrogen-bond donors (Lipinski definition) is 1. The number of nitrogens with zero attached hydrogens (tertiary/aromatic N) is 2. The van der Waals surface area contributed by atoms with Crippen molar-refractivity contribution >= 4 is 41.6 Å². The normalized spacial score (nSPS) is 12.2. The van der Waals surface area contributed by atoms with Gasteiger partial charge in [-0.25, -0.2) is 5.10 Å². The zero-order chi connectivity index (χ0) is 14.0. The molecule has 7 heteroatoms. The highest BCUT2D eigenvalue weighted by Gasteiger charge is 2.13. The molecule has 0 fully saturated rings. The van der Waals surface area contributed by atoms with E-state index >= 15 is 0 Å². The highest BCUT2D eigenvalue weighted by molar-refractivity contribution is 14.1. The maximum atomic E-state index is 11.7. The van der Waals surface area contributed by atoms with E-state index in [1.165, 1.54) is 0 Å². The van der Waals surface area contributed by atoms with Crippen LogP contribution < -0.4 is 5.56 Å². The minimum Gasteiger partial charge on any atom is -0.361 e. The van der Waals surface area contributed by atoms with Crippen molar-refractivity contribution in [2.24, 2.45) is 0 Å². The lowest BCUT2D eigenvalue weighted by molar-refractivity contribution is 0.0901. The fourth-order valence-corrected chi connectivity index (χ4v) is 3.37. The van der Waals surface area contributed by atoms with Gasteiger partial charge in [-0.3, -0.25) is 4.79 Å². The summed E-state index contributed by atoms with van der Waals surface area (Å²) >= 11 is 2.16. The van der Waals surface area contributed by atoms with Gasteiger partial charge >= 0.3 is 0 Å². The third kappa shape index (κ3) is 3.66. The Hall–Kier alpha value is -0.673. The van der Waals surface area contributed by atoms with Gasteiger partial charge in [-0.05, 0) is 28.6 Å². The summed E-state index contributed by atoms with van der Waals surface area (Å²) in [5, 5.41) is 6.98. The summed E-state index contributed by atoms with van der Waals surface area (Å²) in [5.41, 5.74) is 0.670. The maximum absolute atomic E-state index is 11.7. The Morgan fingerprint density at radius 1 is 1.47 bits per heavy atom. The predicted molar refractivity (Wildman–Crippen MR) is 87.2 cm³/mol. The molecule has 0 atom stereocenters. The first-order valence-electron chi connectivity index (χ1n) is 6.18. The Kier molecular flexibility index (Phi) is 4.46. The number of fused-ring (bicyclic) bond motifs is 1. The summed E-state index contributed by atoms with van der Waals surface area (Å²) in [6.45, 7) is 8.22. The summed E-state index contributed by atoms with van der Waals surface area (Å²) in [6, 6.07) is 1.14. The third-order valence-electron chi connectivity index (χ3n) is 2.88. The van der Waals surface area contributed by atoms with E-state index in [4.69, 9.17) is 4.74 Å². The molecule has 0 amide bonds. The molecule has 0 spiro atoms. The van der Waals surface area contributed by atoms with Crippen molar-refractivity contribution in [3.63, 3.8) is 0 Å². The Bertz CT molecular complexity index is 630. The lowest BCUT2D eigenvalue weighted by Crippen LogP contribution is -2.22. The minimum absolute atomic E-state index is 0.150. The Morgan fingerprint density at radius 3 is 2.89 bits per heavy atom. The van der Waals surface area contributed by atoms with Crippen molar-refractivity contribution < 1.29 is 4.74 Å². The Balaban J connectivity index is 2.10. The van der Waals surface area contributed by atoms with E-state index in [0.29, 0.717) is 12.1 Å². The van der Waals surface area contributed by atoms with Crippen molar-refractivity contribution in [3.05, 3.63) is 26.3 Å². The fraction of sp³-hybridized carbons (Fsp3) is 0.500. The summed E-state index contributed by atoms with van der Waals surface area (Å²) < 4.78 is 8.57. The maximum Gasteiger partial charge on any atom is 0.274 e. The van der Waals surface area contributed by atoms with E-state index in [0.717, 1.165) is 21.7 Å². The van der Waals surface area contributed by atoms with E-state index < -0.39 is 8.07 Å².